The van der Waals surface area contributed by atoms with Gasteiger partial charge in [-0.25, -0.2) is 4.79 Å². The molecule has 20 heavy (non-hydrogen) atoms. The van der Waals surface area contributed by atoms with E-state index in [-0.39, 0.29) is 12.8 Å². The van der Waals surface area contributed by atoms with Crippen molar-refractivity contribution >= 4 is 23.9 Å². The summed E-state index contributed by atoms with van der Waals surface area (Å²) in [5.74, 6) is -1.07. The van der Waals surface area contributed by atoms with Gasteiger partial charge in [0.1, 0.15) is 5.75 Å². The summed E-state index contributed by atoms with van der Waals surface area (Å²) in [5, 5.41) is 0.515. The van der Waals surface area contributed by atoms with Gasteiger partial charge < -0.3 is 9.57 Å². The molecular weight excluding hydrogens is 262 g/mol. The Hall–Kier alpha value is -2.63. The van der Waals surface area contributed by atoms with Crippen LogP contribution in [0.2, 0.25) is 0 Å². The Bertz CT molecular complexity index is 545. The topological polar surface area (TPSA) is 72.9 Å². The molecule has 2 rings (SSSR count). The standard InChI is InChI=1S/C14H13NO5/c1-19-11-5-2-10(3-6-11)4-9-14(18)20-15-12(16)7-8-13(15)17/h2-6,9H,7-8H2,1H3/b9-4+. The van der Waals surface area contributed by atoms with E-state index >= 15 is 0 Å². The minimum absolute atomic E-state index is 0.0777. The van der Waals surface area contributed by atoms with Crippen molar-refractivity contribution < 1.29 is 24.0 Å². The number of nitrogens with zero attached hydrogens (tertiary/aromatic N) is 1. The number of carbonyl (C=O) groups excluding carboxylic acids is 3. The molecule has 1 fully saturated rings. The molecular formula is C14H13NO5. The molecule has 0 bridgehead atoms. The molecule has 1 heterocycles. The zero-order valence-corrected chi connectivity index (χ0v) is 10.9. The summed E-state index contributed by atoms with van der Waals surface area (Å²) in [6, 6.07) is 7.01. The van der Waals surface area contributed by atoms with Crippen molar-refractivity contribution in [2.75, 3.05) is 7.11 Å². The minimum atomic E-state index is -0.774. The summed E-state index contributed by atoms with van der Waals surface area (Å²) in [7, 11) is 1.56. The van der Waals surface area contributed by atoms with Crippen LogP contribution in [0.4, 0.5) is 0 Å². The monoisotopic (exact) mass is 275 g/mol. The Morgan fingerprint density at radius 3 is 2.30 bits per heavy atom. The molecule has 0 radical (unpaired) electrons. The van der Waals surface area contributed by atoms with Gasteiger partial charge in [0.05, 0.1) is 7.11 Å². The maximum Gasteiger partial charge on any atom is 0.356 e. The molecule has 2 amide bonds. The molecule has 104 valence electrons. The van der Waals surface area contributed by atoms with Gasteiger partial charge in [-0.3, -0.25) is 9.59 Å². The van der Waals surface area contributed by atoms with Gasteiger partial charge in [-0.2, -0.15) is 0 Å². The minimum Gasteiger partial charge on any atom is -0.497 e. The Labute approximate surface area is 115 Å². The van der Waals surface area contributed by atoms with Gasteiger partial charge in [0.25, 0.3) is 11.8 Å². The number of methoxy groups -OCH3 is 1. The average Bonchev–Trinajstić information content (AvgIpc) is 2.77. The second kappa shape index (κ2) is 6.01. The molecule has 0 spiro atoms. The molecule has 1 aromatic rings. The molecule has 0 saturated carbocycles. The van der Waals surface area contributed by atoms with E-state index in [2.05, 4.69) is 4.84 Å². The maximum atomic E-state index is 11.5. The second-order valence-corrected chi connectivity index (χ2v) is 4.10. The van der Waals surface area contributed by atoms with Crippen molar-refractivity contribution in [2.45, 2.75) is 12.8 Å². The number of imide groups is 1. The first kappa shape index (κ1) is 13.8. The lowest BCUT2D eigenvalue weighted by Gasteiger charge is -2.10. The third kappa shape index (κ3) is 3.23. The number of ether oxygens (including phenoxy) is 1. The number of amides is 2. The van der Waals surface area contributed by atoms with Crippen LogP contribution in [0.3, 0.4) is 0 Å². The highest BCUT2D eigenvalue weighted by molar-refractivity contribution is 6.02. The van der Waals surface area contributed by atoms with Crippen molar-refractivity contribution in [2.24, 2.45) is 0 Å². The second-order valence-electron chi connectivity index (χ2n) is 4.10. The molecule has 0 atom stereocenters. The van der Waals surface area contributed by atoms with Gasteiger partial charge in [-0.1, -0.05) is 12.1 Å². The summed E-state index contributed by atoms with van der Waals surface area (Å²) in [4.78, 5) is 38.7. The van der Waals surface area contributed by atoms with Crippen LogP contribution in [0, 0.1) is 0 Å². The van der Waals surface area contributed by atoms with Crippen LogP contribution < -0.4 is 4.74 Å². The molecule has 1 aliphatic rings. The van der Waals surface area contributed by atoms with E-state index in [1.54, 1.807) is 31.4 Å². The van der Waals surface area contributed by atoms with Gasteiger partial charge in [0, 0.05) is 18.9 Å². The van der Waals surface area contributed by atoms with Crippen LogP contribution in [0.15, 0.2) is 30.3 Å². The smallest absolute Gasteiger partial charge is 0.356 e. The highest BCUT2D eigenvalue weighted by atomic mass is 16.7. The largest absolute Gasteiger partial charge is 0.497 e. The molecule has 1 aliphatic heterocycles. The van der Waals surface area contributed by atoms with Crippen molar-refractivity contribution in [1.29, 1.82) is 0 Å². The van der Waals surface area contributed by atoms with Crippen molar-refractivity contribution in [1.82, 2.24) is 5.06 Å². The van der Waals surface area contributed by atoms with Crippen LogP contribution in [0.5, 0.6) is 5.75 Å². The lowest BCUT2D eigenvalue weighted by molar-refractivity contribution is -0.193. The quantitative estimate of drug-likeness (QED) is 0.612. The first-order valence-electron chi connectivity index (χ1n) is 6.00. The van der Waals surface area contributed by atoms with E-state index in [0.29, 0.717) is 10.8 Å². The number of benzene rings is 1. The number of carbonyl (C=O) groups is 3. The van der Waals surface area contributed by atoms with E-state index in [4.69, 9.17) is 4.74 Å². The summed E-state index contributed by atoms with van der Waals surface area (Å²) >= 11 is 0. The maximum absolute atomic E-state index is 11.5. The van der Waals surface area contributed by atoms with Crippen LogP contribution >= 0.6 is 0 Å². The van der Waals surface area contributed by atoms with Crippen molar-refractivity contribution in [3.8, 4) is 5.75 Å². The van der Waals surface area contributed by atoms with Gasteiger partial charge >= 0.3 is 5.97 Å². The van der Waals surface area contributed by atoms with E-state index in [1.807, 2.05) is 0 Å². The fraction of sp³-hybridized carbons (Fsp3) is 0.214. The molecule has 1 saturated heterocycles. The average molecular weight is 275 g/mol. The number of rotatable bonds is 4. The molecule has 0 aliphatic carbocycles. The molecule has 0 N–H and O–H groups in total. The first-order chi connectivity index (χ1) is 9.60. The fourth-order valence-corrected chi connectivity index (χ4v) is 1.66. The predicted molar refractivity (Wildman–Crippen MR) is 69.2 cm³/mol. The number of hydroxylamine groups is 2. The lowest BCUT2D eigenvalue weighted by atomic mass is 10.2. The summed E-state index contributed by atoms with van der Waals surface area (Å²) in [5.41, 5.74) is 0.766. The molecule has 0 aromatic heterocycles. The zero-order chi connectivity index (χ0) is 14.5. The summed E-state index contributed by atoms with van der Waals surface area (Å²) < 4.78 is 5.01. The predicted octanol–water partition coefficient (Wildman–Crippen LogP) is 1.32. The van der Waals surface area contributed by atoms with Gasteiger partial charge in [-0.15, -0.1) is 5.06 Å². The zero-order valence-electron chi connectivity index (χ0n) is 10.9. The van der Waals surface area contributed by atoms with Crippen molar-refractivity contribution in [3.63, 3.8) is 0 Å². The van der Waals surface area contributed by atoms with Crippen LogP contribution in [0.1, 0.15) is 18.4 Å². The van der Waals surface area contributed by atoms with Crippen molar-refractivity contribution in [3.05, 3.63) is 35.9 Å². The van der Waals surface area contributed by atoms with Gasteiger partial charge in [-0.05, 0) is 23.8 Å². The Kier molecular flexibility index (Phi) is 4.14. The Morgan fingerprint density at radius 2 is 1.75 bits per heavy atom. The van der Waals surface area contributed by atoms with Gasteiger partial charge in [0.15, 0.2) is 0 Å². The number of hydrogen-bond acceptors (Lipinski definition) is 5. The number of hydrogen-bond donors (Lipinski definition) is 0. The van der Waals surface area contributed by atoms with Crippen LogP contribution in [0.25, 0.3) is 6.08 Å². The van der Waals surface area contributed by atoms with E-state index in [1.165, 1.54) is 6.08 Å². The summed E-state index contributed by atoms with van der Waals surface area (Å²) in [6.07, 6.45) is 2.83. The highest BCUT2D eigenvalue weighted by Crippen LogP contribution is 2.14. The van der Waals surface area contributed by atoms with E-state index < -0.39 is 17.8 Å². The SMILES string of the molecule is COc1ccc(/C=C/C(=O)ON2C(=O)CCC2=O)cc1. The third-order valence-electron chi connectivity index (χ3n) is 2.71. The molecule has 6 nitrogen and oxygen atoms in total. The molecule has 6 heteroatoms. The highest BCUT2D eigenvalue weighted by Gasteiger charge is 2.32. The third-order valence-corrected chi connectivity index (χ3v) is 2.71. The first-order valence-corrected chi connectivity index (χ1v) is 6.00. The normalized spacial score (nSPS) is 14.9. The van der Waals surface area contributed by atoms with Crippen LogP contribution in [-0.2, 0) is 19.2 Å². The molecule has 0 unspecified atom stereocenters. The Morgan fingerprint density at radius 1 is 1.15 bits per heavy atom. The van der Waals surface area contributed by atoms with Crippen LogP contribution in [-0.4, -0.2) is 30.0 Å². The van der Waals surface area contributed by atoms with Gasteiger partial charge in [0.2, 0.25) is 0 Å². The Balaban J connectivity index is 1.94. The lowest BCUT2D eigenvalue weighted by Crippen LogP contribution is -2.31. The van der Waals surface area contributed by atoms with E-state index in [0.717, 1.165) is 11.6 Å². The summed E-state index contributed by atoms with van der Waals surface area (Å²) in [6.45, 7) is 0. The van der Waals surface area contributed by atoms with E-state index in [9.17, 15) is 14.4 Å². The fourth-order valence-electron chi connectivity index (χ4n) is 1.66. The molecule has 1 aromatic carbocycles.